The number of aliphatic hydroxyl groups excluding tert-OH is 1. The van der Waals surface area contributed by atoms with E-state index >= 15 is 0 Å². The van der Waals surface area contributed by atoms with Gasteiger partial charge in [-0.15, -0.1) is 10.2 Å². The summed E-state index contributed by atoms with van der Waals surface area (Å²) in [4.78, 5) is 3.82. The lowest BCUT2D eigenvalue weighted by Gasteiger charge is -2.33. The van der Waals surface area contributed by atoms with E-state index in [9.17, 15) is 13.2 Å². The number of fused-ring (bicyclic) bond motifs is 1. The van der Waals surface area contributed by atoms with Gasteiger partial charge in [0.1, 0.15) is 23.5 Å². The van der Waals surface area contributed by atoms with Crippen molar-refractivity contribution in [1.29, 1.82) is 0 Å². The minimum absolute atomic E-state index is 0.0482. The van der Waals surface area contributed by atoms with Crippen LogP contribution in [0.2, 0.25) is 0 Å². The van der Waals surface area contributed by atoms with Crippen LogP contribution in [-0.4, -0.2) is 48.2 Å². The fourth-order valence-corrected chi connectivity index (χ4v) is 4.72. The molecule has 0 radical (unpaired) electrons. The number of hydrogen-bond donors (Lipinski definition) is 3. The van der Waals surface area contributed by atoms with E-state index < -0.39 is 11.9 Å². The second-order valence-electron chi connectivity index (χ2n) is 8.94. The van der Waals surface area contributed by atoms with Gasteiger partial charge in [-0.1, -0.05) is 24.6 Å². The molecule has 0 bridgehead atoms. The Morgan fingerprint density at radius 2 is 2.09 bits per heavy atom. The third-order valence-corrected chi connectivity index (χ3v) is 6.67. The van der Waals surface area contributed by atoms with Crippen LogP contribution in [0.15, 0.2) is 36.7 Å². The lowest BCUT2D eigenvalue weighted by Crippen LogP contribution is -2.24. The number of aryl methyl sites for hydroxylation is 1. The highest BCUT2D eigenvalue weighted by atomic mass is 19.4. The first-order valence-corrected chi connectivity index (χ1v) is 11.6. The Balaban J connectivity index is 1.60. The van der Waals surface area contributed by atoms with Crippen molar-refractivity contribution in [2.45, 2.75) is 37.9 Å². The van der Waals surface area contributed by atoms with E-state index in [1.165, 1.54) is 6.42 Å². The molecule has 0 spiro atoms. The van der Waals surface area contributed by atoms with Gasteiger partial charge in [-0.2, -0.15) is 18.3 Å². The number of pyridine rings is 1. The molecule has 35 heavy (non-hydrogen) atoms. The summed E-state index contributed by atoms with van der Waals surface area (Å²) in [6.45, 7) is 0.183. The van der Waals surface area contributed by atoms with Crippen LogP contribution in [0.5, 0.6) is 0 Å². The first-order valence-electron chi connectivity index (χ1n) is 11.6. The molecule has 1 aliphatic carbocycles. The van der Waals surface area contributed by atoms with E-state index in [2.05, 4.69) is 30.7 Å². The number of nitrogens with one attached hydrogen (secondary N) is 2. The minimum Gasteiger partial charge on any atom is -0.395 e. The summed E-state index contributed by atoms with van der Waals surface area (Å²) in [5, 5.41) is 28.0. The summed E-state index contributed by atoms with van der Waals surface area (Å²) in [5.41, 5.74) is 1.85. The van der Waals surface area contributed by atoms with Gasteiger partial charge in [-0.3, -0.25) is 5.10 Å². The van der Waals surface area contributed by atoms with Crippen LogP contribution in [0.4, 0.5) is 13.2 Å². The largest absolute Gasteiger partial charge is 0.433 e. The van der Waals surface area contributed by atoms with E-state index in [4.69, 9.17) is 5.11 Å². The number of nitrogens with zero attached hydrogens (tertiary/aromatic N) is 5. The highest BCUT2D eigenvalue weighted by Gasteiger charge is 2.35. The standard InChI is InChI=1S/C24H26F3N7O/c1-34-13-29-33-23(34)20(14-4-2-5-14)15-6-3-7-16(10-15)21-17-11-19(24(25,26)27)30-18(12-28-8-9-35)22(17)32-31-21/h3,6-7,10-11,13-14,20,28,35H,2,4-5,8-9,12H2,1H3,(H,31,32). The molecule has 8 nitrogen and oxygen atoms in total. The number of H-pyrrole nitrogens is 1. The molecule has 1 fully saturated rings. The lowest BCUT2D eigenvalue weighted by molar-refractivity contribution is -0.141. The third-order valence-electron chi connectivity index (χ3n) is 6.67. The second kappa shape index (κ2) is 9.38. The van der Waals surface area contributed by atoms with E-state index in [0.29, 0.717) is 28.1 Å². The molecule has 1 saturated carbocycles. The maximum Gasteiger partial charge on any atom is 0.433 e. The van der Waals surface area contributed by atoms with Gasteiger partial charge in [-0.25, -0.2) is 4.98 Å². The quantitative estimate of drug-likeness (QED) is 0.328. The Labute approximate surface area is 199 Å². The highest BCUT2D eigenvalue weighted by Crippen LogP contribution is 2.43. The van der Waals surface area contributed by atoms with Crippen LogP contribution in [-0.2, 0) is 19.8 Å². The first kappa shape index (κ1) is 23.4. The van der Waals surface area contributed by atoms with Crippen LogP contribution in [0.25, 0.3) is 22.2 Å². The topological polar surface area (TPSA) is 105 Å². The van der Waals surface area contributed by atoms with E-state index in [1.807, 2.05) is 35.9 Å². The molecule has 3 aromatic heterocycles. The number of rotatable bonds is 8. The number of halogens is 3. The Morgan fingerprint density at radius 1 is 1.26 bits per heavy atom. The average molecular weight is 486 g/mol. The normalized spacial score (nSPS) is 15.5. The van der Waals surface area contributed by atoms with Crippen molar-refractivity contribution in [3.8, 4) is 11.3 Å². The smallest absolute Gasteiger partial charge is 0.395 e. The number of alkyl halides is 3. The fraction of sp³-hybridized carbons (Fsp3) is 0.417. The molecule has 1 atom stereocenters. The third kappa shape index (κ3) is 4.53. The van der Waals surface area contributed by atoms with Crippen LogP contribution in [0.3, 0.4) is 0 Å². The van der Waals surface area contributed by atoms with Crippen LogP contribution in [0, 0.1) is 5.92 Å². The van der Waals surface area contributed by atoms with Crippen LogP contribution in [0.1, 0.15) is 48.0 Å². The molecule has 4 aromatic rings. The van der Waals surface area contributed by atoms with Crippen molar-refractivity contribution in [3.63, 3.8) is 0 Å². The van der Waals surface area contributed by atoms with Crippen molar-refractivity contribution in [2.24, 2.45) is 13.0 Å². The summed E-state index contributed by atoms with van der Waals surface area (Å²) in [7, 11) is 1.92. The number of aromatic amines is 1. The molecule has 1 unspecified atom stereocenters. The summed E-state index contributed by atoms with van der Waals surface area (Å²) in [5.74, 6) is 1.36. The molecule has 184 valence electrons. The van der Waals surface area contributed by atoms with E-state index in [-0.39, 0.29) is 31.3 Å². The van der Waals surface area contributed by atoms with Crippen LogP contribution >= 0.6 is 0 Å². The molecular formula is C24H26F3N7O. The summed E-state index contributed by atoms with van der Waals surface area (Å²) in [6.07, 6.45) is 0.444. The lowest BCUT2D eigenvalue weighted by atomic mass is 9.72. The summed E-state index contributed by atoms with van der Waals surface area (Å²) >= 11 is 0. The predicted molar refractivity (Wildman–Crippen MR) is 123 cm³/mol. The van der Waals surface area contributed by atoms with Crippen molar-refractivity contribution < 1.29 is 18.3 Å². The molecule has 1 aromatic carbocycles. The monoisotopic (exact) mass is 485 g/mol. The maximum absolute atomic E-state index is 13.7. The van der Waals surface area contributed by atoms with Gasteiger partial charge in [0.15, 0.2) is 0 Å². The zero-order valence-corrected chi connectivity index (χ0v) is 19.2. The molecule has 11 heteroatoms. The molecule has 0 aliphatic heterocycles. The molecule has 0 amide bonds. The van der Waals surface area contributed by atoms with Crippen molar-refractivity contribution in [2.75, 3.05) is 13.2 Å². The molecule has 3 N–H and O–H groups in total. The van der Waals surface area contributed by atoms with E-state index in [0.717, 1.165) is 30.3 Å². The summed E-state index contributed by atoms with van der Waals surface area (Å²) in [6, 6.07) is 8.82. The Hall–Kier alpha value is -3.31. The van der Waals surface area contributed by atoms with Gasteiger partial charge in [0, 0.05) is 37.0 Å². The minimum atomic E-state index is -4.60. The highest BCUT2D eigenvalue weighted by molar-refractivity contribution is 5.94. The first-order chi connectivity index (χ1) is 16.9. The van der Waals surface area contributed by atoms with Crippen molar-refractivity contribution in [3.05, 3.63) is 59.4 Å². The predicted octanol–water partition coefficient (Wildman–Crippen LogP) is 3.79. The van der Waals surface area contributed by atoms with Crippen molar-refractivity contribution in [1.82, 2.24) is 35.3 Å². The van der Waals surface area contributed by atoms with Gasteiger partial charge in [0.05, 0.1) is 17.8 Å². The van der Waals surface area contributed by atoms with Gasteiger partial charge in [-0.05, 0) is 36.5 Å². The molecule has 1 aliphatic rings. The van der Waals surface area contributed by atoms with Gasteiger partial charge < -0.3 is 15.0 Å². The Morgan fingerprint density at radius 3 is 2.74 bits per heavy atom. The van der Waals surface area contributed by atoms with Gasteiger partial charge >= 0.3 is 6.18 Å². The van der Waals surface area contributed by atoms with Crippen LogP contribution < -0.4 is 5.32 Å². The van der Waals surface area contributed by atoms with Crippen molar-refractivity contribution >= 4 is 10.9 Å². The number of aromatic nitrogens is 6. The molecular weight excluding hydrogens is 459 g/mol. The molecule has 0 saturated heterocycles. The second-order valence-corrected chi connectivity index (χ2v) is 8.94. The number of benzene rings is 1. The van der Waals surface area contributed by atoms with Gasteiger partial charge in [0.25, 0.3) is 0 Å². The SMILES string of the molecule is Cn1cnnc1C(c1cccc(-c2n[nH]c3c(CNCCO)nc(C(F)(F)F)cc23)c1)C1CCC1. The maximum atomic E-state index is 13.7. The zero-order valence-electron chi connectivity index (χ0n) is 19.2. The number of aliphatic hydroxyl groups is 1. The molecule has 5 rings (SSSR count). The van der Waals surface area contributed by atoms with Gasteiger partial charge in [0.2, 0.25) is 0 Å². The zero-order chi connectivity index (χ0) is 24.6. The van der Waals surface area contributed by atoms with E-state index in [1.54, 1.807) is 6.33 Å². The summed E-state index contributed by atoms with van der Waals surface area (Å²) < 4.78 is 42.9. The number of hydrogen-bond acceptors (Lipinski definition) is 6. The fourth-order valence-electron chi connectivity index (χ4n) is 4.72. The average Bonchev–Trinajstić information content (AvgIpc) is 3.42. The Bertz CT molecular complexity index is 1330. The molecule has 3 heterocycles. The Kier molecular flexibility index (Phi) is 6.28.